The third-order valence-corrected chi connectivity index (χ3v) is 4.96. The first-order valence-electron chi connectivity index (χ1n) is 5.09. The van der Waals surface area contributed by atoms with E-state index in [1.54, 1.807) is 6.07 Å². The Morgan fingerprint density at radius 1 is 1.44 bits per heavy atom. The maximum absolute atomic E-state index is 11.5. The van der Waals surface area contributed by atoms with Crippen molar-refractivity contribution in [1.29, 1.82) is 0 Å². The van der Waals surface area contributed by atoms with Gasteiger partial charge in [0.1, 0.15) is 0 Å². The molecule has 1 aliphatic carbocycles. The van der Waals surface area contributed by atoms with E-state index in [1.165, 1.54) is 6.26 Å². The fraction of sp³-hybridized carbons (Fsp3) is 0.455. The minimum Gasteiger partial charge on any atom is -0.330 e. The number of hydrogen-bond acceptors (Lipinski definition) is 3. The van der Waals surface area contributed by atoms with Crippen LogP contribution in [-0.2, 0) is 9.84 Å². The molecule has 88 valence electrons. The Balaban J connectivity index is 2.30. The summed E-state index contributed by atoms with van der Waals surface area (Å²) in [6.07, 6.45) is 1.27. The second kappa shape index (κ2) is 4.02. The summed E-state index contributed by atoms with van der Waals surface area (Å²) in [5.41, 5.74) is 6.56. The van der Waals surface area contributed by atoms with Gasteiger partial charge in [0.05, 0.1) is 5.25 Å². The second-order valence-electron chi connectivity index (χ2n) is 4.27. The molecule has 0 radical (unpaired) electrons. The number of nitrogens with two attached hydrogens (primary N) is 1. The predicted molar refractivity (Wildman–Crippen MR) is 65.4 cm³/mol. The quantitative estimate of drug-likeness (QED) is 0.893. The first kappa shape index (κ1) is 11.9. The first-order chi connectivity index (χ1) is 7.45. The van der Waals surface area contributed by atoms with Crippen LogP contribution in [0.15, 0.2) is 24.3 Å². The largest absolute Gasteiger partial charge is 0.330 e. The van der Waals surface area contributed by atoms with Gasteiger partial charge in [-0.3, -0.25) is 0 Å². The predicted octanol–water partition coefficient (Wildman–Crippen LogP) is 1.43. The van der Waals surface area contributed by atoms with Crippen LogP contribution in [-0.4, -0.2) is 26.5 Å². The van der Waals surface area contributed by atoms with Gasteiger partial charge in [0, 0.05) is 17.2 Å². The third-order valence-electron chi connectivity index (χ3n) is 3.10. The molecule has 0 unspecified atom stereocenters. The lowest BCUT2D eigenvalue weighted by Crippen LogP contribution is -2.11. The Morgan fingerprint density at radius 2 is 2.12 bits per heavy atom. The highest BCUT2D eigenvalue weighted by atomic mass is 35.5. The van der Waals surface area contributed by atoms with Gasteiger partial charge in [-0.2, -0.15) is 0 Å². The van der Waals surface area contributed by atoms with Crippen molar-refractivity contribution in [2.75, 3.05) is 12.8 Å². The number of halogens is 1. The molecular weight excluding hydrogens is 246 g/mol. The van der Waals surface area contributed by atoms with E-state index in [4.69, 9.17) is 17.3 Å². The molecule has 2 N–H and O–H groups in total. The van der Waals surface area contributed by atoms with Crippen LogP contribution in [0.25, 0.3) is 0 Å². The van der Waals surface area contributed by atoms with Crippen molar-refractivity contribution in [3.8, 4) is 0 Å². The molecule has 3 nitrogen and oxygen atoms in total. The highest BCUT2D eigenvalue weighted by Gasteiger charge is 2.55. The lowest BCUT2D eigenvalue weighted by Gasteiger charge is -1.99. The number of hydrogen-bond donors (Lipinski definition) is 1. The highest BCUT2D eigenvalue weighted by Crippen LogP contribution is 2.51. The molecule has 0 amide bonds. The van der Waals surface area contributed by atoms with Gasteiger partial charge >= 0.3 is 0 Å². The molecule has 0 aliphatic heterocycles. The van der Waals surface area contributed by atoms with Crippen molar-refractivity contribution in [2.24, 2.45) is 11.7 Å². The zero-order valence-electron chi connectivity index (χ0n) is 8.93. The van der Waals surface area contributed by atoms with Crippen LogP contribution in [0, 0.1) is 5.92 Å². The summed E-state index contributed by atoms with van der Waals surface area (Å²) in [7, 11) is -3.02. The van der Waals surface area contributed by atoms with Crippen LogP contribution >= 0.6 is 11.6 Å². The van der Waals surface area contributed by atoms with Crippen LogP contribution in [0.4, 0.5) is 0 Å². The lowest BCUT2D eigenvalue weighted by atomic mass is 10.1. The molecule has 16 heavy (non-hydrogen) atoms. The van der Waals surface area contributed by atoms with E-state index in [9.17, 15) is 8.42 Å². The average molecular weight is 260 g/mol. The molecule has 0 aromatic heterocycles. The molecule has 1 fully saturated rings. The van der Waals surface area contributed by atoms with Crippen LogP contribution < -0.4 is 5.73 Å². The molecule has 0 saturated heterocycles. The van der Waals surface area contributed by atoms with Crippen molar-refractivity contribution in [3.63, 3.8) is 0 Å². The molecule has 2 rings (SSSR count). The van der Waals surface area contributed by atoms with Gasteiger partial charge in [0.15, 0.2) is 9.84 Å². The smallest absolute Gasteiger partial charge is 0.151 e. The topological polar surface area (TPSA) is 60.2 Å². The summed E-state index contributed by atoms with van der Waals surface area (Å²) < 4.78 is 23.1. The minimum absolute atomic E-state index is 0.0127. The molecule has 0 spiro atoms. The highest BCUT2D eigenvalue weighted by molar-refractivity contribution is 7.91. The Kier molecular flexibility index (Phi) is 2.99. The fourth-order valence-electron chi connectivity index (χ4n) is 2.36. The average Bonchev–Trinajstić information content (AvgIpc) is 2.91. The SMILES string of the molecule is CS(=O)(=O)[C@@H]1[C@@H](CN)[C@@H]1c1cccc(Cl)c1. The molecule has 1 aliphatic rings. The summed E-state index contributed by atoms with van der Waals surface area (Å²) >= 11 is 5.89. The van der Waals surface area contributed by atoms with Crippen LogP contribution in [0.3, 0.4) is 0 Å². The standard InChI is InChI=1S/C11H14ClNO2S/c1-16(14,15)11-9(6-13)10(11)7-3-2-4-8(12)5-7/h2-5,9-11H,6,13H2,1H3/t9-,10-,11+/m0/s1. The van der Waals surface area contributed by atoms with Crippen molar-refractivity contribution in [1.82, 2.24) is 0 Å². The molecule has 3 atom stereocenters. The van der Waals surface area contributed by atoms with E-state index in [1.807, 2.05) is 18.2 Å². The van der Waals surface area contributed by atoms with Crippen LogP contribution in [0.5, 0.6) is 0 Å². The van der Waals surface area contributed by atoms with E-state index in [0.29, 0.717) is 11.6 Å². The van der Waals surface area contributed by atoms with Crippen LogP contribution in [0.2, 0.25) is 5.02 Å². The van der Waals surface area contributed by atoms with Crippen LogP contribution in [0.1, 0.15) is 11.5 Å². The summed E-state index contributed by atoms with van der Waals surface area (Å²) in [6, 6.07) is 7.34. The van der Waals surface area contributed by atoms with Crippen molar-refractivity contribution < 1.29 is 8.42 Å². The lowest BCUT2D eigenvalue weighted by molar-refractivity contribution is 0.597. The zero-order valence-corrected chi connectivity index (χ0v) is 10.5. The number of benzene rings is 1. The molecule has 1 saturated carbocycles. The molecule has 5 heteroatoms. The maximum Gasteiger partial charge on any atom is 0.151 e. The van der Waals surface area contributed by atoms with E-state index < -0.39 is 9.84 Å². The minimum atomic E-state index is -3.02. The van der Waals surface area contributed by atoms with Gasteiger partial charge in [-0.25, -0.2) is 8.42 Å². The number of sulfone groups is 1. The van der Waals surface area contributed by atoms with Crippen molar-refractivity contribution in [3.05, 3.63) is 34.9 Å². The fourth-order valence-corrected chi connectivity index (χ4v) is 4.27. The monoisotopic (exact) mass is 259 g/mol. The Labute approximate surface area is 101 Å². The van der Waals surface area contributed by atoms with E-state index in [2.05, 4.69) is 0 Å². The van der Waals surface area contributed by atoms with Gasteiger partial charge < -0.3 is 5.73 Å². The summed E-state index contributed by atoms with van der Waals surface area (Å²) in [6.45, 7) is 0.398. The maximum atomic E-state index is 11.5. The summed E-state index contributed by atoms with van der Waals surface area (Å²) in [4.78, 5) is 0. The normalized spacial score (nSPS) is 29.1. The summed E-state index contributed by atoms with van der Waals surface area (Å²) in [5, 5.41) is 0.295. The molecule has 1 aromatic carbocycles. The van der Waals surface area contributed by atoms with Crippen molar-refractivity contribution >= 4 is 21.4 Å². The Hall–Kier alpha value is -0.580. The Morgan fingerprint density at radius 3 is 2.56 bits per heavy atom. The Bertz CT molecular complexity index is 500. The number of rotatable bonds is 3. The zero-order chi connectivity index (χ0) is 11.9. The van der Waals surface area contributed by atoms with E-state index in [0.717, 1.165) is 5.56 Å². The van der Waals surface area contributed by atoms with Crippen molar-refractivity contribution in [2.45, 2.75) is 11.2 Å². The van der Waals surface area contributed by atoms with Gasteiger partial charge in [0.2, 0.25) is 0 Å². The first-order valence-corrected chi connectivity index (χ1v) is 7.43. The van der Waals surface area contributed by atoms with Gasteiger partial charge in [-0.15, -0.1) is 0 Å². The molecule has 0 heterocycles. The molecular formula is C11H14ClNO2S. The summed E-state index contributed by atoms with van der Waals surface area (Å²) in [5.74, 6) is 0.0483. The van der Waals surface area contributed by atoms with E-state index in [-0.39, 0.29) is 17.1 Å². The van der Waals surface area contributed by atoms with Gasteiger partial charge in [0.25, 0.3) is 0 Å². The second-order valence-corrected chi connectivity index (χ2v) is 6.91. The molecule has 1 aromatic rings. The molecule has 0 bridgehead atoms. The van der Waals surface area contributed by atoms with Gasteiger partial charge in [-0.1, -0.05) is 23.7 Å². The van der Waals surface area contributed by atoms with Gasteiger partial charge in [-0.05, 0) is 30.2 Å². The third kappa shape index (κ3) is 2.10. The van der Waals surface area contributed by atoms with E-state index >= 15 is 0 Å².